The van der Waals surface area contributed by atoms with E-state index < -0.39 is 23.8 Å². The molecule has 0 spiro atoms. The molecule has 2 N–H and O–H groups in total. The van der Waals surface area contributed by atoms with Crippen molar-refractivity contribution in [3.8, 4) is 0 Å². The molecule has 0 unspecified atom stereocenters. The second-order valence-corrected chi connectivity index (χ2v) is 7.57. The molecule has 1 rings (SSSR count). The standard InChI is InChI=1S/C17H30N4O7/c1-17(2,3)27-15(25)18-28-16(26)20-7-5-8-21(12-14(23)24)13(22)6-9-19(4)10-11-20/h5-12H2,1-4H3,(H,18,25)(H,23,24). The summed E-state index contributed by atoms with van der Waals surface area (Å²) >= 11 is 0. The first-order valence-electron chi connectivity index (χ1n) is 9.11. The highest BCUT2D eigenvalue weighted by atomic mass is 16.7. The van der Waals surface area contributed by atoms with Gasteiger partial charge in [0.1, 0.15) is 12.1 Å². The number of hydrogen-bond acceptors (Lipinski definition) is 7. The fourth-order valence-electron chi connectivity index (χ4n) is 2.50. The summed E-state index contributed by atoms with van der Waals surface area (Å²) in [5, 5.41) is 8.98. The maximum Gasteiger partial charge on any atom is 0.441 e. The minimum atomic E-state index is -1.09. The summed E-state index contributed by atoms with van der Waals surface area (Å²) < 4.78 is 5.00. The van der Waals surface area contributed by atoms with Crippen LogP contribution in [0.25, 0.3) is 0 Å². The van der Waals surface area contributed by atoms with Crippen molar-refractivity contribution >= 4 is 24.1 Å². The van der Waals surface area contributed by atoms with Crippen LogP contribution in [-0.2, 0) is 19.2 Å². The number of likely N-dealkylation sites (N-methyl/N-ethyl adjacent to an activating group) is 1. The number of carbonyl (C=O) groups excluding carboxylic acids is 3. The SMILES string of the molecule is CN1CCC(=O)N(CC(=O)O)CCCN(C(=O)ONC(=O)OC(C)(C)C)CC1. The van der Waals surface area contributed by atoms with Gasteiger partial charge in [-0.25, -0.2) is 9.59 Å². The van der Waals surface area contributed by atoms with Crippen LogP contribution in [0.15, 0.2) is 0 Å². The molecule has 11 nitrogen and oxygen atoms in total. The highest BCUT2D eigenvalue weighted by molar-refractivity contribution is 5.81. The van der Waals surface area contributed by atoms with Gasteiger partial charge in [0, 0.05) is 39.1 Å². The summed E-state index contributed by atoms with van der Waals surface area (Å²) in [5.41, 5.74) is 1.23. The van der Waals surface area contributed by atoms with E-state index in [-0.39, 0.29) is 32.0 Å². The Hall–Kier alpha value is -2.56. The van der Waals surface area contributed by atoms with Crippen molar-refractivity contribution < 1.29 is 33.9 Å². The predicted molar refractivity (Wildman–Crippen MR) is 98.4 cm³/mol. The molecule has 0 atom stereocenters. The lowest BCUT2D eigenvalue weighted by Crippen LogP contribution is -2.43. The minimum absolute atomic E-state index is 0.203. The van der Waals surface area contributed by atoms with Gasteiger partial charge in [0.25, 0.3) is 0 Å². The van der Waals surface area contributed by atoms with E-state index in [1.807, 2.05) is 10.4 Å². The number of hydrogen-bond donors (Lipinski definition) is 2. The first-order chi connectivity index (χ1) is 13.0. The summed E-state index contributed by atoms with van der Waals surface area (Å²) in [6.07, 6.45) is -1.05. The predicted octanol–water partition coefficient (Wildman–Crippen LogP) is 0.504. The summed E-state index contributed by atoms with van der Waals surface area (Å²) in [4.78, 5) is 56.4. The Morgan fingerprint density at radius 2 is 1.79 bits per heavy atom. The Morgan fingerprint density at radius 1 is 1.11 bits per heavy atom. The van der Waals surface area contributed by atoms with Crippen molar-refractivity contribution in [2.45, 2.75) is 39.2 Å². The lowest BCUT2D eigenvalue weighted by atomic mass is 10.2. The molecule has 1 saturated heterocycles. The minimum Gasteiger partial charge on any atom is -0.480 e. The molecule has 11 heteroatoms. The molecule has 1 aliphatic heterocycles. The Labute approximate surface area is 164 Å². The van der Waals surface area contributed by atoms with Gasteiger partial charge in [0.05, 0.1) is 0 Å². The summed E-state index contributed by atoms with van der Waals surface area (Å²) in [6, 6.07) is 0. The molecule has 0 aromatic heterocycles. The molecule has 0 bridgehead atoms. The molecule has 1 heterocycles. The van der Waals surface area contributed by atoms with Gasteiger partial charge >= 0.3 is 18.2 Å². The maximum absolute atomic E-state index is 12.3. The number of aliphatic carboxylic acids is 1. The molecule has 1 aliphatic rings. The number of carboxylic acid groups (broad SMARTS) is 1. The van der Waals surface area contributed by atoms with Crippen molar-refractivity contribution in [1.29, 1.82) is 0 Å². The molecule has 28 heavy (non-hydrogen) atoms. The molecule has 0 radical (unpaired) electrons. The van der Waals surface area contributed by atoms with Gasteiger partial charge in [-0.2, -0.15) is 0 Å². The summed E-state index contributed by atoms with van der Waals surface area (Å²) in [7, 11) is 1.80. The molecule has 0 saturated carbocycles. The lowest BCUT2D eigenvalue weighted by Gasteiger charge is -2.25. The maximum atomic E-state index is 12.3. The van der Waals surface area contributed by atoms with Crippen LogP contribution in [0.5, 0.6) is 0 Å². The third kappa shape index (κ3) is 9.40. The molecule has 1 fully saturated rings. The Morgan fingerprint density at radius 3 is 2.39 bits per heavy atom. The molecular weight excluding hydrogens is 372 g/mol. The number of nitrogens with one attached hydrogen (secondary N) is 1. The van der Waals surface area contributed by atoms with Crippen LogP contribution in [-0.4, -0.2) is 95.8 Å². The topological polar surface area (TPSA) is 129 Å². The van der Waals surface area contributed by atoms with E-state index in [1.54, 1.807) is 27.8 Å². The van der Waals surface area contributed by atoms with Crippen molar-refractivity contribution in [2.24, 2.45) is 0 Å². The van der Waals surface area contributed by atoms with Crippen LogP contribution in [0, 0.1) is 0 Å². The van der Waals surface area contributed by atoms with E-state index in [2.05, 4.69) is 0 Å². The molecule has 3 amide bonds. The third-order valence-corrected chi connectivity index (χ3v) is 3.87. The Balaban J connectivity index is 2.67. The molecule has 0 aliphatic carbocycles. The quantitative estimate of drug-likeness (QED) is 0.639. The second-order valence-electron chi connectivity index (χ2n) is 7.57. The number of carboxylic acids is 1. The van der Waals surface area contributed by atoms with Crippen LogP contribution in [0.1, 0.15) is 33.6 Å². The van der Waals surface area contributed by atoms with Gasteiger partial charge < -0.3 is 29.4 Å². The summed E-state index contributed by atoms with van der Waals surface area (Å²) in [5.74, 6) is -1.33. The zero-order valence-electron chi connectivity index (χ0n) is 16.9. The molecule has 0 aromatic rings. The number of carbonyl (C=O) groups is 4. The van der Waals surface area contributed by atoms with Gasteiger partial charge in [-0.05, 0) is 34.2 Å². The van der Waals surface area contributed by atoms with Crippen molar-refractivity contribution in [2.75, 3.05) is 46.3 Å². The first kappa shape index (κ1) is 23.5. The number of ether oxygens (including phenoxy) is 1. The fraction of sp³-hybridized carbons (Fsp3) is 0.765. The first-order valence-corrected chi connectivity index (χ1v) is 9.11. The monoisotopic (exact) mass is 402 g/mol. The molecule has 0 aromatic carbocycles. The molecular formula is C17H30N4O7. The largest absolute Gasteiger partial charge is 0.480 e. The molecule has 160 valence electrons. The number of rotatable bonds is 2. The van der Waals surface area contributed by atoms with Gasteiger partial charge in [-0.3, -0.25) is 9.59 Å². The highest BCUT2D eigenvalue weighted by Gasteiger charge is 2.23. The third-order valence-electron chi connectivity index (χ3n) is 3.87. The second kappa shape index (κ2) is 10.7. The van der Waals surface area contributed by atoms with Crippen LogP contribution in [0.2, 0.25) is 0 Å². The normalized spacial score (nSPS) is 17.5. The van der Waals surface area contributed by atoms with E-state index in [4.69, 9.17) is 14.7 Å². The van der Waals surface area contributed by atoms with Gasteiger partial charge in [-0.15, -0.1) is 5.48 Å². The van der Waals surface area contributed by atoms with Gasteiger partial charge in [0.2, 0.25) is 5.91 Å². The van der Waals surface area contributed by atoms with Crippen molar-refractivity contribution in [3.63, 3.8) is 0 Å². The van der Waals surface area contributed by atoms with Crippen molar-refractivity contribution in [3.05, 3.63) is 0 Å². The average molecular weight is 402 g/mol. The Bertz CT molecular complexity index is 576. The van der Waals surface area contributed by atoms with Gasteiger partial charge in [-0.1, -0.05) is 0 Å². The van der Waals surface area contributed by atoms with Crippen LogP contribution < -0.4 is 5.48 Å². The number of hydroxylamine groups is 1. The van der Waals surface area contributed by atoms with E-state index in [1.165, 1.54) is 9.80 Å². The number of nitrogens with zero attached hydrogens (tertiary/aromatic N) is 3. The van der Waals surface area contributed by atoms with Crippen LogP contribution in [0.4, 0.5) is 9.59 Å². The average Bonchev–Trinajstić information content (AvgIpc) is 2.59. The van der Waals surface area contributed by atoms with E-state index in [9.17, 15) is 19.2 Å². The number of amides is 3. The Kier molecular flexibility index (Phi) is 8.97. The van der Waals surface area contributed by atoms with E-state index >= 15 is 0 Å². The van der Waals surface area contributed by atoms with Crippen LogP contribution in [0.3, 0.4) is 0 Å². The zero-order valence-corrected chi connectivity index (χ0v) is 16.9. The smallest absolute Gasteiger partial charge is 0.441 e. The van der Waals surface area contributed by atoms with Gasteiger partial charge in [0.15, 0.2) is 0 Å². The van der Waals surface area contributed by atoms with Crippen LogP contribution >= 0.6 is 0 Å². The van der Waals surface area contributed by atoms with E-state index in [0.29, 0.717) is 26.1 Å². The lowest BCUT2D eigenvalue weighted by molar-refractivity contribution is -0.144. The van der Waals surface area contributed by atoms with Crippen molar-refractivity contribution in [1.82, 2.24) is 20.2 Å². The summed E-state index contributed by atoms with van der Waals surface area (Å²) in [6.45, 7) is 6.38. The zero-order chi connectivity index (χ0) is 21.3. The van der Waals surface area contributed by atoms with E-state index in [0.717, 1.165) is 0 Å². The fourth-order valence-corrected chi connectivity index (χ4v) is 2.50. The highest BCUT2D eigenvalue weighted by Crippen LogP contribution is 2.07.